The Morgan fingerprint density at radius 2 is 2.00 bits per heavy atom. The smallest absolute Gasteiger partial charge is 0.105 e. The molecule has 0 aliphatic rings. The average Bonchev–Trinajstić information content (AvgIpc) is 2.81. The summed E-state index contributed by atoms with van der Waals surface area (Å²) in [5.41, 5.74) is 9.07. The molecule has 2 heterocycles. The molecule has 5 nitrogen and oxygen atoms in total. The number of rotatable bonds is 4. The van der Waals surface area contributed by atoms with Gasteiger partial charge in [-0.05, 0) is 20.8 Å². The number of nitrogens with zero attached hydrogens (tertiary/aromatic N) is 4. The molecule has 2 N–H and O–H groups in total. The first kappa shape index (κ1) is 11.9. The Morgan fingerprint density at radius 1 is 1.24 bits per heavy atom. The van der Waals surface area contributed by atoms with Gasteiger partial charge in [-0.15, -0.1) is 0 Å². The van der Waals surface area contributed by atoms with Crippen LogP contribution in [0.25, 0.3) is 0 Å². The van der Waals surface area contributed by atoms with Crippen LogP contribution >= 0.6 is 0 Å². The molecule has 0 aromatic carbocycles. The van der Waals surface area contributed by atoms with E-state index >= 15 is 0 Å². The van der Waals surface area contributed by atoms with Crippen LogP contribution in [0.2, 0.25) is 0 Å². The van der Waals surface area contributed by atoms with E-state index in [-0.39, 0.29) is 0 Å². The molecule has 0 atom stereocenters. The van der Waals surface area contributed by atoms with Crippen molar-refractivity contribution in [1.29, 1.82) is 0 Å². The molecule has 0 spiro atoms. The van der Waals surface area contributed by atoms with Crippen LogP contribution in [-0.2, 0) is 19.6 Å². The minimum atomic E-state index is 0.557. The van der Waals surface area contributed by atoms with Gasteiger partial charge in [-0.1, -0.05) is 0 Å². The Balaban J connectivity index is 2.12. The third kappa shape index (κ3) is 2.24. The molecule has 0 aliphatic carbocycles. The van der Waals surface area contributed by atoms with Crippen molar-refractivity contribution in [3.63, 3.8) is 0 Å². The van der Waals surface area contributed by atoms with Crippen LogP contribution in [0.3, 0.4) is 0 Å². The third-order valence-electron chi connectivity index (χ3n) is 3.21. The Labute approximate surface area is 101 Å². The lowest BCUT2D eigenvalue weighted by atomic mass is 10.2. The largest absolute Gasteiger partial charge is 0.333 e. The highest BCUT2D eigenvalue weighted by Crippen LogP contribution is 2.12. The van der Waals surface area contributed by atoms with Gasteiger partial charge in [-0.3, -0.25) is 4.68 Å². The number of hydrogen-bond acceptors (Lipinski definition) is 3. The third-order valence-corrected chi connectivity index (χ3v) is 3.21. The van der Waals surface area contributed by atoms with E-state index in [1.165, 1.54) is 5.69 Å². The molecule has 0 aliphatic heterocycles. The second-order valence-corrected chi connectivity index (χ2v) is 4.24. The summed E-state index contributed by atoms with van der Waals surface area (Å²) < 4.78 is 4.15. The van der Waals surface area contributed by atoms with Gasteiger partial charge in [0.2, 0.25) is 0 Å². The van der Waals surface area contributed by atoms with Gasteiger partial charge in [0.15, 0.2) is 0 Å². The molecule has 92 valence electrons. The molecule has 0 saturated carbocycles. The summed E-state index contributed by atoms with van der Waals surface area (Å²) in [4.78, 5) is 4.20. The maximum absolute atomic E-state index is 5.71. The summed E-state index contributed by atoms with van der Waals surface area (Å²) >= 11 is 0. The second-order valence-electron chi connectivity index (χ2n) is 4.24. The standard InChI is InChI=1S/C12H19N5/c1-9-12(8-13)10(2)17(15-9)7-6-16-5-4-14-11(16)3/h4-5H,6-8,13H2,1-3H3. The second kappa shape index (κ2) is 4.71. The van der Waals surface area contributed by atoms with E-state index in [2.05, 4.69) is 21.6 Å². The molecule has 0 saturated heterocycles. The minimum Gasteiger partial charge on any atom is -0.333 e. The Hall–Kier alpha value is -1.62. The monoisotopic (exact) mass is 233 g/mol. The maximum Gasteiger partial charge on any atom is 0.105 e. The molecular formula is C12H19N5. The topological polar surface area (TPSA) is 61.7 Å². The Morgan fingerprint density at radius 3 is 2.53 bits per heavy atom. The maximum atomic E-state index is 5.71. The van der Waals surface area contributed by atoms with E-state index in [0.29, 0.717) is 6.54 Å². The highest BCUT2D eigenvalue weighted by atomic mass is 15.3. The molecular weight excluding hydrogens is 214 g/mol. The predicted molar refractivity (Wildman–Crippen MR) is 66.6 cm³/mol. The van der Waals surface area contributed by atoms with E-state index in [1.54, 1.807) is 0 Å². The summed E-state index contributed by atoms with van der Waals surface area (Å²) in [7, 11) is 0. The Kier molecular flexibility index (Phi) is 3.28. The summed E-state index contributed by atoms with van der Waals surface area (Å²) in [5, 5.41) is 4.51. The molecule has 0 amide bonds. The zero-order valence-electron chi connectivity index (χ0n) is 10.6. The molecule has 2 rings (SSSR count). The number of aryl methyl sites for hydroxylation is 4. The normalized spacial score (nSPS) is 11.1. The van der Waals surface area contributed by atoms with Crippen LogP contribution < -0.4 is 5.73 Å². The van der Waals surface area contributed by atoms with Crippen LogP contribution in [0.5, 0.6) is 0 Å². The first-order valence-electron chi connectivity index (χ1n) is 5.84. The fourth-order valence-corrected chi connectivity index (χ4v) is 2.09. The van der Waals surface area contributed by atoms with E-state index in [9.17, 15) is 0 Å². The van der Waals surface area contributed by atoms with Crippen molar-refractivity contribution in [3.05, 3.63) is 35.2 Å². The van der Waals surface area contributed by atoms with Crippen LogP contribution in [0.4, 0.5) is 0 Å². The van der Waals surface area contributed by atoms with Gasteiger partial charge < -0.3 is 10.3 Å². The number of nitrogens with two attached hydrogens (primary N) is 1. The van der Waals surface area contributed by atoms with Crippen molar-refractivity contribution in [2.75, 3.05) is 0 Å². The summed E-state index contributed by atoms with van der Waals surface area (Å²) in [5.74, 6) is 1.03. The molecule has 2 aromatic heterocycles. The highest BCUT2D eigenvalue weighted by molar-refractivity contribution is 5.23. The number of aromatic nitrogens is 4. The fourth-order valence-electron chi connectivity index (χ4n) is 2.09. The lowest BCUT2D eigenvalue weighted by Crippen LogP contribution is -2.11. The molecule has 17 heavy (non-hydrogen) atoms. The Bertz CT molecular complexity index is 509. The van der Waals surface area contributed by atoms with Gasteiger partial charge in [-0.2, -0.15) is 5.10 Å². The van der Waals surface area contributed by atoms with E-state index < -0.39 is 0 Å². The van der Waals surface area contributed by atoms with Crippen molar-refractivity contribution in [1.82, 2.24) is 19.3 Å². The van der Waals surface area contributed by atoms with Crippen molar-refractivity contribution in [2.24, 2.45) is 5.73 Å². The van der Waals surface area contributed by atoms with Crippen LogP contribution in [0.1, 0.15) is 22.8 Å². The van der Waals surface area contributed by atoms with Crippen molar-refractivity contribution < 1.29 is 0 Å². The summed E-state index contributed by atoms with van der Waals surface area (Å²) in [6, 6.07) is 0. The van der Waals surface area contributed by atoms with Gasteiger partial charge in [0.25, 0.3) is 0 Å². The van der Waals surface area contributed by atoms with Gasteiger partial charge in [0, 0.05) is 36.7 Å². The predicted octanol–water partition coefficient (Wildman–Crippen LogP) is 1.16. The first-order valence-corrected chi connectivity index (χ1v) is 5.84. The van der Waals surface area contributed by atoms with E-state index in [4.69, 9.17) is 5.73 Å². The first-order chi connectivity index (χ1) is 8.13. The highest BCUT2D eigenvalue weighted by Gasteiger charge is 2.09. The molecule has 0 unspecified atom stereocenters. The molecule has 0 radical (unpaired) electrons. The van der Waals surface area contributed by atoms with Gasteiger partial charge in [-0.25, -0.2) is 4.98 Å². The van der Waals surface area contributed by atoms with Gasteiger partial charge in [0.1, 0.15) is 5.82 Å². The van der Waals surface area contributed by atoms with E-state index in [0.717, 1.165) is 30.2 Å². The summed E-state index contributed by atoms with van der Waals surface area (Å²) in [6.45, 7) is 8.38. The average molecular weight is 233 g/mol. The van der Waals surface area contributed by atoms with Gasteiger partial charge >= 0.3 is 0 Å². The van der Waals surface area contributed by atoms with E-state index in [1.807, 2.05) is 30.9 Å². The van der Waals surface area contributed by atoms with Crippen LogP contribution in [0, 0.1) is 20.8 Å². The molecule has 0 bridgehead atoms. The van der Waals surface area contributed by atoms with Gasteiger partial charge in [0.05, 0.1) is 12.2 Å². The number of imidazole rings is 1. The van der Waals surface area contributed by atoms with Crippen molar-refractivity contribution >= 4 is 0 Å². The zero-order chi connectivity index (χ0) is 12.4. The lowest BCUT2D eigenvalue weighted by Gasteiger charge is -2.07. The SMILES string of the molecule is Cc1nn(CCn2ccnc2C)c(C)c1CN. The lowest BCUT2D eigenvalue weighted by molar-refractivity contribution is 0.514. The quantitative estimate of drug-likeness (QED) is 0.862. The van der Waals surface area contributed by atoms with Crippen molar-refractivity contribution in [3.8, 4) is 0 Å². The number of hydrogen-bond donors (Lipinski definition) is 1. The fraction of sp³-hybridized carbons (Fsp3) is 0.500. The molecule has 5 heteroatoms. The molecule has 2 aromatic rings. The molecule has 0 fully saturated rings. The van der Waals surface area contributed by atoms with Crippen molar-refractivity contribution in [2.45, 2.75) is 40.4 Å². The van der Waals surface area contributed by atoms with Crippen LogP contribution in [0.15, 0.2) is 12.4 Å². The van der Waals surface area contributed by atoms with Crippen LogP contribution in [-0.4, -0.2) is 19.3 Å². The summed E-state index contributed by atoms with van der Waals surface area (Å²) in [6.07, 6.45) is 3.81. The minimum absolute atomic E-state index is 0.557. The zero-order valence-corrected chi connectivity index (χ0v) is 10.6.